The first kappa shape index (κ1) is 14.3. The minimum Gasteiger partial charge on any atom is -0.0569 e. The molecule has 0 N–H and O–H groups in total. The van der Waals surface area contributed by atoms with Gasteiger partial charge in [0.25, 0.3) is 0 Å². The van der Waals surface area contributed by atoms with Gasteiger partial charge in [-0.15, -0.1) is 0 Å². The summed E-state index contributed by atoms with van der Waals surface area (Å²) in [5, 5.41) is 0. The summed E-state index contributed by atoms with van der Waals surface area (Å²) in [6.45, 7) is 0. The molecule has 4 heteroatoms. The van der Waals surface area contributed by atoms with E-state index in [4.69, 9.17) is 0 Å². The first-order valence-electron chi connectivity index (χ1n) is 4.55. The molecule has 1 aliphatic rings. The maximum Gasteiger partial charge on any atom is 0.213 e. The van der Waals surface area contributed by atoms with Gasteiger partial charge in [-0.1, -0.05) is 24.3 Å². The van der Waals surface area contributed by atoms with Crippen LogP contribution in [0.4, 0.5) is 0 Å². The smallest absolute Gasteiger partial charge is 0.0569 e. The molecule has 1 aliphatic heterocycles. The van der Waals surface area contributed by atoms with Crippen molar-refractivity contribution in [1.82, 2.24) is 0 Å². The van der Waals surface area contributed by atoms with Crippen LogP contribution < -0.4 is 0 Å². The number of hydrogen-bond donors (Lipinski definition) is 0. The van der Waals surface area contributed by atoms with E-state index in [0.717, 1.165) is 0 Å². The van der Waals surface area contributed by atoms with E-state index < -0.39 is 0 Å². The Morgan fingerprint density at radius 2 is 0.750 bits per heavy atom. The topological polar surface area (TPSA) is 0 Å². The van der Waals surface area contributed by atoms with Crippen LogP contribution >= 0.6 is 0 Å². The first-order valence-corrected chi connectivity index (χ1v) is 6.34. The molecule has 16 heavy (non-hydrogen) atoms. The minimum absolute atomic E-state index is 0. The van der Waals surface area contributed by atoms with E-state index in [9.17, 15) is 0 Å². The lowest BCUT2D eigenvalue weighted by Crippen LogP contribution is -2.01. The normalized spacial score (nSPS) is 11.5. The van der Waals surface area contributed by atoms with E-state index in [1.54, 1.807) is 0 Å². The highest BCUT2D eigenvalue weighted by atomic mass is 32.2. The molecule has 78 valence electrons. The Balaban J connectivity index is 0.000000640. The number of benzene rings is 2. The summed E-state index contributed by atoms with van der Waals surface area (Å²) >= 11 is 2.71. The lowest BCUT2D eigenvalue weighted by Gasteiger charge is -2.02. The maximum atomic E-state index is 2.22. The van der Waals surface area contributed by atoms with Crippen LogP contribution in [-0.2, 0) is 23.5 Å². The van der Waals surface area contributed by atoms with E-state index in [1.165, 1.54) is 43.1 Å². The van der Waals surface area contributed by atoms with Crippen LogP contribution in [0.5, 0.6) is 0 Å². The first-order chi connectivity index (χ1) is 6.93. The van der Waals surface area contributed by atoms with Gasteiger partial charge in [-0.05, 0) is 24.3 Å². The number of hydrogen-bond acceptors (Lipinski definition) is 0. The van der Waals surface area contributed by atoms with Gasteiger partial charge in [-0.25, -0.2) is 0 Å². The lowest BCUT2D eigenvalue weighted by molar-refractivity contribution is 1.15. The molecule has 0 amide bonds. The molecule has 0 aromatic heterocycles. The molecule has 2 aromatic carbocycles. The van der Waals surface area contributed by atoms with Crippen molar-refractivity contribution in [3.05, 3.63) is 48.5 Å². The van der Waals surface area contributed by atoms with Crippen LogP contribution in [0.15, 0.2) is 68.1 Å². The van der Waals surface area contributed by atoms with E-state index in [-0.39, 0.29) is 34.7 Å². The van der Waals surface area contributed by atoms with Crippen LogP contribution in [0.3, 0.4) is 0 Å². The number of fused-ring (bicyclic) bond motifs is 2. The van der Waals surface area contributed by atoms with Gasteiger partial charge in [0.05, 0.1) is 23.5 Å². The van der Waals surface area contributed by atoms with Crippen LogP contribution in [0, 0.1) is 0 Å². The predicted molar refractivity (Wildman–Crippen MR) is 80.6 cm³/mol. The van der Waals surface area contributed by atoms with Crippen LogP contribution in [-0.4, -0.2) is 34.7 Å². The van der Waals surface area contributed by atoms with Crippen molar-refractivity contribution < 1.29 is 0 Å². The van der Waals surface area contributed by atoms with Crippen molar-refractivity contribution >= 4 is 58.2 Å². The molecule has 0 saturated heterocycles. The maximum absolute atomic E-state index is 2.22. The van der Waals surface area contributed by atoms with Crippen molar-refractivity contribution in [2.45, 2.75) is 19.6 Å². The molecule has 1 heterocycles. The molecule has 3 rings (SSSR count). The second-order valence-electron chi connectivity index (χ2n) is 3.20. The average molecular weight is 276 g/mol. The van der Waals surface area contributed by atoms with Gasteiger partial charge in [0.1, 0.15) is 34.7 Å². The Hall–Kier alpha value is 0.205. The third-order valence-electron chi connectivity index (χ3n) is 2.25. The van der Waals surface area contributed by atoms with E-state index in [1.807, 2.05) is 0 Å². The Kier molecular flexibility index (Phi) is 5.55. The molecule has 0 saturated carbocycles. The van der Waals surface area contributed by atoms with Crippen LogP contribution in [0.1, 0.15) is 0 Å². The Morgan fingerprint density at radius 1 is 0.500 bits per heavy atom. The third kappa shape index (κ3) is 2.71. The Bertz CT molecular complexity index is 398. The molecule has 2 radical (unpaired) electrons. The molecule has 0 aliphatic carbocycles. The summed E-state index contributed by atoms with van der Waals surface area (Å²) in [5.74, 6) is 0. The molecule has 0 atom stereocenters. The number of thiol groups is 2. The van der Waals surface area contributed by atoms with Gasteiger partial charge < -0.3 is 0 Å². The highest BCUT2D eigenvalue weighted by Crippen LogP contribution is 2.30. The lowest BCUT2D eigenvalue weighted by atomic mass is 10.3. The quantitative estimate of drug-likeness (QED) is 0.321. The SMILES string of the molecule is [AlH2].[AlH2].c1ccc2c(c1)[SH+]c1ccccc1[SH+]2. The molecular weight excluding hydrogens is 262 g/mol. The van der Waals surface area contributed by atoms with Crippen molar-refractivity contribution in [1.29, 1.82) is 0 Å². The summed E-state index contributed by atoms with van der Waals surface area (Å²) in [7, 11) is 0. The molecule has 0 nitrogen and oxygen atoms in total. The van der Waals surface area contributed by atoms with Gasteiger partial charge in [-0.2, -0.15) is 0 Å². The largest absolute Gasteiger partial charge is 0.213 e. The second kappa shape index (κ2) is 6.22. The zero-order valence-electron chi connectivity index (χ0n) is 9.51. The average Bonchev–Trinajstić information content (AvgIpc) is 2.26. The van der Waals surface area contributed by atoms with Crippen molar-refractivity contribution in [3.63, 3.8) is 0 Å². The van der Waals surface area contributed by atoms with Gasteiger partial charge in [-0.3, -0.25) is 0 Å². The molecule has 0 fully saturated rings. The zero-order chi connectivity index (χ0) is 9.38. The molecule has 0 bridgehead atoms. The van der Waals surface area contributed by atoms with Gasteiger partial charge in [0, 0.05) is 0 Å². The molecular formula is C12H14Al2S2+2. The van der Waals surface area contributed by atoms with Gasteiger partial charge in [0.15, 0.2) is 0 Å². The highest BCUT2D eigenvalue weighted by molar-refractivity contribution is 7.84. The summed E-state index contributed by atoms with van der Waals surface area (Å²) < 4.78 is 0. The van der Waals surface area contributed by atoms with Crippen molar-refractivity contribution in [2.75, 3.05) is 0 Å². The minimum atomic E-state index is 0. The van der Waals surface area contributed by atoms with E-state index in [0.29, 0.717) is 0 Å². The molecule has 0 spiro atoms. The Morgan fingerprint density at radius 3 is 1.00 bits per heavy atom. The fourth-order valence-corrected chi connectivity index (χ4v) is 4.08. The number of rotatable bonds is 0. The summed E-state index contributed by atoms with van der Waals surface area (Å²) in [6.07, 6.45) is 0. The Labute approximate surface area is 125 Å². The van der Waals surface area contributed by atoms with Gasteiger partial charge in [0.2, 0.25) is 19.6 Å². The zero-order valence-corrected chi connectivity index (χ0v) is 15.3. The summed E-state index contributed by atoms with van der Waals surface area (Å²) in [5.41, 5.74) is 0. The summed E-state index contributed by atoms with van der Waals surface area (Å²) in [6, 6.07) is 17.4. The molecule has 2 aromatic rings. The van der Waals surface area contributed by atoms with E-state index in [2.05, 4.69) is 48.5 Å². The molecule has 0 unspecified atom stereocenters. The predicted octanol–water partition coefficient (Wildman–Crippen LogP) is 0.633. The second-order valence-corrected chi connectivity index (χ2v) is 5.58. The monoisotopic (exact) mass is 276 g/mol. The van der Waals surface area contributed by atoms with Crippen molar-refractivity contribution in [2.24, 2.45) is 0 Å². The fraction of sp³-hybridized carbons (Fsp3) is 0. The van der Waals surface area contributed by atoms with Gasteiger partial charge >= 0.3 is 0 Å². The van der Waals surface area contributed by atoms with E-state index >= 15 is 0 Å². The van der Waals surface area contributed by atoms with Crippen molar-refractivity contribution in [3.8, 4) is 0 Å². The van der Waals surface area contributed by atoms with Crippen LogP contribution in [0.25, 0.3) is 0 Å². The standard InChI is InChI=1S/C12H8S2.2Al.4H/c1-2-6-10-9(5-1)13-11-7-3-4-8-12(11)14-10;;;;;;/h1-8H;;;;;;/p+2. The third-order valence-corrected chi connectivity index (χ3v) is 5.12. The summed E-state index contributed by atoms with van der Waals surface area (Å²) in [4.78, 5) is 5.81. The fourth-order valence-electron chi connectivity index (χ4n) is 1.57. The highest BCUT2D eigenvalue weighted by Gasteiger charge is 2.29. The van der Waals surface area contributed by atoms with Crippen LogP contribution in [0.2, 0.25) is 0 Å².